The molecule has 0 aliphatic carbocycles. The largest absolute Gasteiger partial charge is 0.497 e. The number of aliphatic hydroxyl groups is 1. The summed E-state index contributed by atoms with van der Waals surface area (Å²) in [5, 5.41) is 13.9. The smallest absolute Gasteiger partial charge is 0.229 e. The quantitative estimate of drug-likeness (QED) is 0.458. The second-order valence-electron chi connectivity index (χ2n) is 7.24. The Hall–Kier alpha value is -4.03. The van der Waals surface area contributed by atoms with Gasteiger partial charge in [-0.25, -0.2) is 9.97 Å². The highest BCUT2D eigenvalue weighted by atomic mass is 16.5. The van der Waals surface area contributed by atoms with Crippen LogP contribution in [0.25, 0.3) is 11.3 Å². The molecule has 1 unspecified atom stereocenters. The number of carbonyl (C=O) groups is 1. The van der Waals surface area contributed by atoms with Crippen LogP contribution in [0.5, 0.6) is 5.75 Å². The maximum atomic E-state index is 12.6. The molecule has 4 rings (SSSR count). The van der Waals surface area contributed by atoms with Crippen molar-refractivity contribution in [2.24, 2.45) is 0 Å². The third kappa shape index (κ3) is 4.99. The van der Waals surface area contributed by atoms with Gasteiger partial charge in [0.15, 0.2) is 5.82 Å². The highest BCUT2D eigenvalue weighted by Crippen LogP contribution is 2.29. The van der Waals surface area contributed by atoms with E-state index in [4.69, 9.17) is 4.74 Å². The lowest BCUT2D eigenvalue weighted by Gasteiger charge is -2.16. The number of rotatable bonds is 7. The molecule has 0 saturated carbocycles. The minimum absolute atomic E-state index is 0.198. The van der Waals surface area contributed by atoms with E-state index in [2.05, 4.69) is 15.3 Å². The van der Waals surface area contributed by atoms with E-state index in [1.807, 2.05) is 84.9 Å². The Morgan fingerprint density at radius 1 is 0.969 bits per heavy atom. The van der Waals surface area contributed by atoms with Crippen LogP contribution in [0, 0.1) is 0 Å². The fraction of sp³-hybridized carbons (Fsp3) is 0.115. The molecule has 1 atom stereocenters. The Kier molecular flexibility index (Phi) is 6.53. The SMILES string of the molecule is COc1ccc(-c2cnc(NC(=O)Cc3ccccc3)c(C(O)c3ccccc3)n2)cc1. The van der Waals surface area contributed by atoms with Crippen molar-refractivity contribution in [1.29, 1.82) is 0 Å². The molecule has 0 saturated heterocycles. The summed E-state index contributed by atoms with van der Waals surface area (Å²) in [5.74, 6) is 0.736. The number of amides is 1. The van der Waals surface area contributed by atoms with Gasteiger partial charge >= 0.3 is 0 Å². The summed E-state index contributed by atoms with van der Waals surface area (Å²) in [7, 11) is 1.61. The summed E-state index contributed by atoms with van der Waals surface area (Å²) in [4.78, 5) is 21.8. The average molecular weight is 425 g/mol. The summed E-state index contributed by atoms with van der Waals surface area (Å²) in [6.45, 7) is 0. The first-order valence-electron chi connectivity index (χ1n) is 10.2. The van der Waals surface area contributed by atoms with Crippen molar-refractivity contribution < 1.29 is 14.6 Å². The number of methoxy groups -OCH3 is 1. The van der Waals surface area contributed by atoms with Crippen molar-refractivity contribution in [2.75, 3.05) is 12.4 Å². The molecular weight excluding hydrogens is 402 g/mol. The van der Waals surface area contributed by atoms with Crippen LogP contribution in [-0.4, -0.2) is 28.1 Å². The molecule has 3 aromatic carbocycles. The highest BCUT2D eigenvalue weighted by Gasteiger charge is 2.20. The Morgan fingerprint density at radius 2 is 1.62 bits per heavy atom. The van der Waals surface area contributed by atoms with Crippen LogP contribution in [0.1, 0.15) is 22.9 Å². The van der Waals surface area contributed by atoms with Crippen LogP contribution in [0.4, 0.5) is 5.82 Å². The van der Waals surface area contributed by atoms with E-state index in [0.717, 1.165) is 16.9 Å². The molecule has 2 N–H and O–H groups in total. The van der Waals surface area contributed by atoms with Gasteiger partial charge in [0.05, 0.1) is 25.4 Å². The van der Waals surface area contributed by atoms with Gasteiger partial charge in [0.1, 0.15) is 17.5 Å². The summed E-state index contributed by atoms with van der Waals surface area (Å²) in [6, 6.07) is 26.0. The van der Waals surface area contributed by atoms with Crippen molar-refractivity contribution in [3.63, 3.8) is 0 Å². The van der Waals surface area contributed by atoms with Crippen molar-refractivity contribution >= 4 is 11.7 Å². The summed E-state index contributed by atoms with van der Waals surface area (Å²) in [5.41, 5.74) is 3.23. The Bertz CT molecular complexity index is 1180. The zero-order chi connectivity index (χ0) is 22.3. The topological polar surface area (TPSA) is 84.3 Å². The van der Waals surface area contributed by atoms with Crippen molar-refractivity contribution in [1.82, 2.24) is 9.97 Å². The molecule has 0 fully saturated rings. The van der Waals surface area contributed by atoms with Crippen LogP contribution in [-0.2, 0) is 11.2 Å². The minimum Gasteiger partial charge on any atom is -0.497 e. The molecule has 1 aromatic heterocycles. The van der Waals surface area contributed by atoms with Gasteiger partial charge in [0.2, 0.25) is 5.91 Å². The van der Waals surface area contributed by atoms with E-state index in [1.165, 1.54) is 0 Å². The molecule has 32 heavy (non-hydrogen) atoms. The van der Waals surface area contributed by atoms with Crippen LogP contribution in [0.3, 0.4) is 0 Å². The fourth-order valence-corrected chi connectivity index (χ4v) is 3.34. The van der Waals surface area contributed by atoms with Gasteiger partial charge in [0.25, 0.3) is 0 Å². The number of benzene rings is 3. The third-order valence-electron chi connectivity index (χ3n) is 5.02. The summed E-state index contributed by atoms with van der Waals surface area (Å²) < 4.78 is 5.21. The predicted octanol–water partition coefficient (Wildman–Crippen LogP) is 4.42. The van der Waals surface area contributed by atoms with Gasteiger partial charge in [-0.05, 0) is 35.4 Å². The van der Waals surface area contributed by atoms with Crippen LogP contribution < -0.4 is 10.1 Å². The molecule has 0 radical (unpaired) electrons. The molecular formula is C26H23N3O3. The van der Waals surface area contributed by atoms with Gasteiger partial charge in [-0.1, -0.05) is 60.7 Å². The highest BCUT2D eigenvalue weighted by molar-refractivity contribution is 5.92. The number of aliphatic hydroxyl groups excluding tert-OH is 1. The molecule has 6 heteroatoms. The second-order valence-corrected chi connectivity index (χ2v) is 7.24. The predicted molar refractivity (Wildman–Crippen MR) is 123 cm³/mol. The molecule has 160 valence electrons. The number of hydrogen-bond acceptors (Lipinski definition) is 5. The second kappa shape index (κ2) is 9.85. The van der Waals surface area contributed by atoms with Gasteiger partial charge in [-0.15, -0.1) is 0 Å². The number of carbonyl (C=O) groups excluding carboxylic acids is 1. The Labute approximate surface area is 186 Å². The Morgan fingerprint density at radius 3 is 2.28 bits per heavy atom. The van der Waals surface area contributed by atoms with Crippen molar-refractivity contribution in [2.45, 2.75) is 12.5 Å². The lowest BCUT2D eigenvalue weighted by atomic mass is 10.1. The first-order chi connectivity index (χ1) is 15.6. The number of anilines is 1. The van der Waals surface area contributed by atoms with Crippen molar-refractivity contribution in [3.8, 4) is 17.0 Å². The molecule has 0 aliphatic heterocycles. The summed E-state index contributed by atoms with van der Waals surface area (Å²) in [6.07, 6.45) is 0.735. The van der Waals surface area contributed by atoms with E-state index in [0.29, 0.717) is 11.3 Å². The van der Waals surface area contributed by atoms with Gasteiger partial charge in [-0.2, -0.15) is 0 Å². The Balaban J connectivity index is 1.67. The zero-order valence-electron chi connectivity index (χ0n) is 17.6. The first-order valence-corrected chi connectivity index (χ1v) is 10.2. The molecule has 0 spiro atoms. The molecule has 4 aromatic rings. The first kappa shape index (κ1) is 21.2. The van der Waals surface area contributed by atoms with Crippen LogP contribution >= 0.6 is 0 Å². The van der Waals surface area contributed by atoms with Gasteiger partial charge in [0, 0.05) is 5.56 Å². The lowest BCUT2D eigenvalue weighted by molar-refractivity contribution is -0.115. The number of hydrogen-bond donors (Lipinski definition) is 2. The zero-order valence-corrected chi connectivity index (χ0v) is 17.6. The van der Waals surface area contributed by atoms with E-state index in [1.54, 1.807) is 13.3 Å². The molecule has 0 aliphatic rings. The standard InChI is InChI=1S/C26H23N3O3/c1-32-21-14-12-19(13-15-21)22-17-27-26(29-23(30)16-18-8-4-2-5-9-18)24(28-22)25(31)20-10-6-3-7-11-20/h2-15,17,25,31H,16H2,1H3,(H,27,29,30). The van der Waals surface area contributed by atoms with Crippen molar-refractivity contribution in [3.05, 3.63) is 108 Å². The summed E-state index contributed by atoms with van der Waals surface area (Å²) >= 11 is 0. The third-order valence-corrected chi connectivity index (χ3v) is 5.02. The van der Waals surface area contributed by atoms with Gasteiger partial charge < -0.3 is 15.2 Å². The lowest BCUT2D eigenvalue weighted by Crippen LogP contribution is -2.19. The molecule has 1 amide bonds. The number of nitrogens with one attached hydrogen (secondary N) is 1. The average Bonchev–Trinajstić information content (AvgIpc) is 2.85. The maximum Gasteiger partial charge on any atom is 0.229 e. The van der Waals surface area contributed by atoms with E-state index < -0.39 is 6.10 Å². The molecule has 0 bridgehead atoms. The molecule has 6 nitrogen and oxygen atoms in total. The number of ether oxygens (including phenoxy) is 1. The van der Waals surface area contributed by atoms with Gasteiger partial charge in [-0.3, -0.25) is 4.79 Å². The van der Waals surface area contributed by atoms with E-state index >= 15 is 0 Å². The van der Waals surface area contributed by atoms with E-state index in [-0.39, 0.29) is 23.8 Å². The number of nitrogens with zero attached hydrogens (tertiary/aromatic N) is 2. The van der Waals surface area contributed by atoms with E-state index in [9.17, 15) is 9.90 Å². The molecule has 1 heterocycles. The van der Waals surface area contributed by atoms with Crippen LogP contribution in [0.15, 0.2) is 91.1 Å². The fourth-order valence-electron chi connectivity index (χ4n) is 3.34. The maximum absolute atomic E-state index is 12.6. The van der Waals surface area contributed by atoms with Crippen LogP contribution in [0.2, 0.25) is 0 Å². The number of aromatic nitrogens is 2. The normalized spacial score (nSPS) is 11.6. The monoisotopic (exact) mass is 425 g/mol. The minimum atomic E-state index is -1.05.